The fourth-order valence-corrected chi connectivity index (χ4v) is 2.40. The number of aliphatic hydroxyl groups is 1. The second-order valence-electron chi connectivity index (χ2n) is 5.30. The second-order valence-corrected chi connectivity index (χ2v) is 5.30. The van der Waals surface area contributed by atoms with Gasteiger partial charge in [-0.25, -0.2) is 0 Å². The Morgan fingerprint density at radius 3 is 1.93 bits per heavy atom. The third-order valence-electron chi connectivity index (χ3n) is 4.06. The van der Waals surface area contributed by atoms with E-state index in [0.29, 0.717) is 18.6 Å². The van der Waals surface area contributed by atoms with Crippen LogP contribution < -0.4 is 0 Å². The summed E-state index contributed by atoms with van der Waals surface area (Å²) in [6, 6.07) is 0.652. The van der Waals surface area contributed by atoms with Gasteiger partial charge in [0.2, 0.25) is 0 Å². The zero-order valence-corrected chi connectivity index (χ0v) is 10.1. The quantitative estimate of drug-likeness (QED) is 0.752. The summed E-state index contributed by atoms with van der Waals surface area (Å²) in [5.41, 5.74) is 0.200. The molecule has 1 saturated heterocycles. The molecular formula is C12H25NO. The van der Waals surface area contributed by atoms with E-state index in [1.165, 1.54) is 0 Å². The maximum atomic E-state index is 9.52. The molecule has 0 aromatic carbocycles. The van der Waals surface area contributed by atoms with Crippen molar-refractivity contribution in [3.8, 4) is 0 Å². The zero-order valence-electron chi connectivity index (χ0n) is 10.1. The van der Waals surface area contributed by atoms with Crippen LogP contribution in [0.15, 0.2) is 0 Å². The molecule has 1 aliphatic rings. The van der Waals surface area contributed by atoms with Gasteiger partial charge in [0.25, 0.3) is 0 Å². The van der Waals surface area contributed by atoms with Gasteiger partial charge in [0, 0.05) is 12.6 Å². The van der Waals surface area contributed by atoms with Crippen LogP contribution in [0, 0.1) is 11.3 Å². The number of nitrogens with zero attached hydrogens (tertiary/aromatic N) is 1. The Morgan fingerprint density at radius 1 is 1.14 bits per heavy atom. The SMILES string of the molecule is CC(C)N1CCC(CO)(C(C)C)CC1. The van der Waals surface area contributed by atoms with E-state index < -0.39 is 0 Å². The molecule has 0 radical (unpaired) electrons. The first-order valence-electron chi connectivity index (χ1n) is 5.87. The first kappa shape index (κ1) is 12.0. The van der Waals surface area contributed by atoms with Gasteiger partial charge in [-0.1, -0.05) is 13.8 Å². The molecule has 0 spiro atoms. The van der Waals surface area contributed by atoms with Crippen molar-refractivity contribution in [2.75, 3.05) is 19.7 Å². The summed E-state index contributed by atoms with van der Waals surface area (Å²) in [5.74, 6) is 0.599. The topological polar surface area (TPSA) is 23.5 Å². The van der Waals surface area contributed by atoms with Gasteiger partial charge in [-0.2, -0.15) is 0 Å². The fraction of sp³-hybridized carbons (Fsp3) is 1.00. The third kappa shape index (κ3) is 2.29. The zero-order chi connectivity index (χ0) is 10.8. The van der Waals surface area contributed by atoms with E-state index >= 15 is 0 Å². The number of hydrogen-bond acceptors (Lipinski definition) is 2. The van der Waals surface area contributed by atoms with Crippen LogP contribution in [0.2, 0.25) is 0 Å². The molecule has 0 saturated carbocycles. The maximum Gasteiger partial charge on any atom is 0.0490 e. The van der Waals surface area contributed by atoms with E-state index in [4.69, 9.17) is 0 Å². The van der Waals surface area contributed by atoms with Crippen molar-refractivity contribution < 1.29 is 5.11 Å². The summed E-state index contributed by atoms with van der Waals surface area (Å²) >= 11 is 0. The van der Waals surface area contributed by atoms with Gasteiger partial charge >= 0.3 is 0 Å². The van der Waals surface area contributed by atoms with Crippen molar-refractivity contribution >= 4 is 0 Å². The average Bonchev–Trinajstić information content (AvgIpc) is 2.17. The number of hydrogen-bond donors (Lipinski definition) is 1. The van der Waals surface area contributed by atoms with E-state index in [1.54, 1.807) is 0 Å². The molecule has 0 atom stereocenters. The molecule has 1 N–H and O–H groups in total. The van der Waals surface area contributed by atoms with Crippen LogP contribution >= 0.6 is 0 Å². The van der Waals surface area contributed by atoms with Crippen molar-refractivity contribution in [1.82, 2.24) is 4.90 Å². The van der Waals surface area contributed by atoms with Gasteiger partial charge in [0.1, 0.15) is 0 Å². The summed E-state index contributed by atoms with van der Waals surface area (Å²) in [6.07, 6.45) is 2.30. The molecule has 1 rings (SSSR count). The monoisotopic (exact) mass is 199 g/mol. The Morgan fingerprint density at radius 2 is 1.64 bits per heavy atom. The Kier molecular flexibility index (Phi) is 3.96. The predicted molar refractivity (Wildman–Crippen MR) is 60.3 cm³/mol. The highest BCUT2D eigenvalue weighted by Crippen LogP contribution is 2.38. The predicted octanol–water partition coefficient (Wildman–Crippen LogP) is 2.13. The maximum absolute atomic E-state index is 9.52. The highest BCUT2D eigenvalue weighted by Gasteiger charge is 2.37. The van der Waals surface area contributed by atoms with Crippen LogP contribution in [0.1, 0.15) is 40.5 Å². The third-order valence-corrected chi connectivity index (χ3v) is 4.06. The molecule has 1 fully saturated rings. The lowest BCUT2D eigenvalue weighted by Crippen LogP contribution is -2.46. The van der Waals surface area contributed by atoms with Gasteiger partial charge in [0.05, 0.1) is 0 Å². The Bertz CT molecular complexity index is 169. The van der Waals surface area contributed by atoms with Crippen molar-refractivity contribution in [2.45, 2.75) is 46.6 Å². The number of likely N-dealkylation sites (tertiary alicyclic amines) is 1. The Hall–Kier alpha value is -0.0800. The van der Waals surface area contributed by atoms with E-state index in [9.17, 15) is 5.11 Å². The number of rotatable bonds is 3. The molecule has 0 aliphatic carbocycles. The first-order valence-corrected chi connectivity index (χ1v) is 5.87. The van der Waals surface area contributed by atoms with Crippen molar-refractivity contribution in [3.05, 3.63) is 0 Å². The largest absolute Gasteiger partial charge is 0.396 e. The molecule has 2 nitrogen and oxygen atoms in total. The van der Waals surface area contributed by atoms with E-state index in [2.05, 4.69) is 32.6 Å². The normalized spacial score (nSPS) is 23.4. The smallest absolute Gasteiger partial charge is 0.0490 e. The standard InChI is InChI=1S/C12H25NO/c1-10(2)12(9-14)5-7-13(8-6-12)11(3)4/h10-11,14H,5-9H2,1-4H3. The Labute approximate surface area is 88.3 Å². The van der Waals surface area contributed by atoms with Crippen LogP contribution in [-0.4, -0.2) is 35.7 Å². The Balaban J connectivity index is 2.55. The first-order chi connectivity index (χ1) is 6.52. The summed E-state index contributed by atoms with van der Waals surface area (Å²) in [5, 5.41) is 9.52. The molecule has 1 aliphatic heterocycles. The fourth-order valence-electron chi connectivity index (χ4n) is 2.40. The lowest BCUT2D eigenvalue weighted by Gasteiger charge is -2.44. The van der Waals surface area contributed by atoms with Crippen LogP contribution in [0.5, 0.6) is 0 Å². The summed E-state index contributed by atoms with van der Waals surface area (Å²) in [4.78, 5) is 2.51. The van der Waals surface area contributed by atoms with E-state index in [0.717, 1.165) is 25.9 Å². The average molecular weight is 199 g/mol. The second kappa shape index (κ2) is 4.63. The van der Waals surface area contributed by atoms with E-state index in [1.807, 2.05) is 0 Å². The molecular weight excluding hydrogens is 174 g/mol. The van der Waals surface area contributed by atoms with Crippen molar-refractivity contribution in [2.24, 2.45) is 11.3 Å². The van der Waals surface area contributed by atoms with Crippen LogP contribution in [0.4, 0.5) is 0 Å². The molecule has 2 heteroatoms. The van der Waals surface area contributed by atoms with Crippen molar-refractivity contribution in [3.63, 3.8) is 0 Å². The van der Waals surface area contributed by atoms with Gasteiger partial charge in [-0.3, -0.25) is 0 Å². The lowest BCUT2D eigenvalue weighted by atomic mass is 9.70. The summed E-state index contributed by atoms with van der Waals surface area (Å²) in [6.45, 7) is 11.6. The van der Waals surface area contributed by atoms with Crippen molar-refractivity contribution in [1.29, 1.82) is 0 Å². The highest BCUT2D eigenvalue weighted by atomic mass is 16.3. The molecule has 0 unspecified atom stereocenters. The molecule has 14 heavy (non-hydrogen) atoms. The lowest BCUT2D eigenvalue weighted by molar-refractivity contribution is -0.000567. The highest BCUT2D eigenvalue weighted by molar-refractivity contribution is 4.88. The van der Waals surface area contributed by atoms with Gasteiger partial charge < -0.3 is 10.0 Å². The molecule has 0 aromatic rings. The minimum absolute atomic E-state index is 0.200. The van der Waals surface area contributed by atoms with E-state index in [-0.39, 0.29) is 5.41 Å². The van der Waals surface area contributed by atoms with Crippen LogP contribution in [0.25, 0.3) is 0 Å². The molecule has 0 amide bonds. The van der Waals surface area contributed by atoms with Gasteiger partial charge in [0.15, 0.2) is 0 Å². The molecule has 1 heterocycles. The van der Waals surface area contributed by atoms with Gasteiger partial charge in [-0.15, -0.1) is 0 Å². The molecule has 84 valence electrons. The summed E-state index contributed by atoms with van der Waals surface area (Å²) < 4.78 is 0. The van der Waals surface area contributed by atoms with Gasteiger partial charge in [-0.05, 0) is 51.1 Å². The number of piperidine rings is 1. The minimum Gasteiger partial charge on any atom is -0.396 e. The minimum atomic E-state index is 0.200. The van der Waals surface area contributed by atoms with Crippen LogP contribution in [0.3, 0.4) is 0 Å². The summed E-state index contributed by atoms with van der Waals surface area (Å²) in [7, 11) is 0. The van der Waals surface area contributed by atoms with Crippen LogP contribution in [-0.2, 0) is 0 Å². The number of aliphatic hydroxyl groups excluding tert-OH is 1. The molecule has 0 aromatic heterocycles. The molecule has 0 bridgehead atoms.